The first-order valence-corrected chi connectivity index (χ1v) is 8.53. The number of aromatic nitrogens is 1. The minimum absolute atomic E-state index is 0.231. The highest BCUT2D eigenvalue weighted by atomic mass is 79.9. The smallest absolute Gasteiger partial charge is 0.228 e. The summed E-state index contributed by atoms with van der Waals surface area (Å²) >= 11 is 3.55. The molecule has 0 aliphatic heterocycles. The zero-order valence-electron chi connectivity index (χ0n) is 13.6. The Balaban J connectivity index is 2.09. The molecule has 1 aliphatic carbocycles. The van der Waals surface area contributed by atoms with Gasteiger partial charge in [-0.25, -0.2) is 9.98 Å². The lowest BCUT2D eigenvalue weighted by molar-refractivity contribution is 0.161. The zero-order valence-corrected chi connectivity index (χ0v) is 15.2. The van der Waals surface area contributed by atoms with Crippen LogP contribution in [0.3, 0.4) is 0 Å². The summed E-state index contributed by atoms with van der Waals surface area (Å²) in [6.45, 7) is 9.01. The predicted octanol–water partition coefficient (Wildman–Crippen LogP) is 4.64. The van der Waals surface area contributed by atoms with Crippen molar-refractivity contribution in [2.75, 3.05) is 13.6 Å². The third-order valence-corrected chi connectivity index (χ3v) is 4.49. The Labute approximate surface area is 141 Å². The lowest BCUT2D eigenvalue weighted by Gasteiger charge is -2.24. The molecule has 0 N–H and O–H groups in total. The second kappa shape index (κ2) is 7.77. The minimum Gasteiger partial charge on any atom is -0.474 e. The van der Waals surface area contributed by atoms with Gasteiger partial charge in [-0.1, -0.05) is 12.2 Å². The molecule has 120 valence electrons. The Hall–Kier alpha value is -1.36. The zero-order chi connectivity index (χ0) is 16.1. The molecule has 1 saturated carbocycles. The number of allylic oxidation sites excluding steroid dienone is 1. The number of aliphatic imine (C=N–C) groups is 1. The van der Waals surface area contributed by atoms with Crippen molar-refractivity contribution in [3.63, 3.8) is 0 Å². The first-order valence-electron chi connectivity index (χ1n) is 7.74. The van der Waals surface area contributed by atoms with Crippen molar-refractivity contribution >= 4 is 28.0 Å². The topological polar surface area (TPSA) is 37.7 Å². The van der Waals surface area contributed by atoms with Gasteiger partial charge in [0.2, 0.25) is 5.88 Å². The average molecular weight is 366 g/mol. The van der Waals surface area contributed by atoms with Crippen LogP contribution in [0.1, 0.15) is 38.3 Å². The van der Waals surface area contributed by atoms with E-state index in [0.717, 1.165) is 48.1 Å². The van der Waals surface area contributed by atoms with Crippen molar-refractivity contribution in [3.05, 3.63) is 28.4 Å². The molecule has 22 heavy (non-hydrogen) atoms. The maximum Gasteiger partial charge on any atom is 0.228 e. The van der Waals surface area contributed by atoms with E-state index in [-0.39, 0.29) is 6.10 Å². The van der Waals surface area contributed by atoms with Crippen LogP contribution in [0.25, 0.3) is 0 Å². The number of hydrogen-bond donors (Lipinski definition) is 0. The van der Waals surface area contributed by atoms with Crippen molar-refractivity contribution in [1.82, 2.24) is 9.88 Å². The van der Waals surface area contributed by atoms with Gasteiger partial charge in [-0.3, -0.25) is 0 Å². The molecule has 0 unspecified atom stereocenters. The Morgan fingerprint density at radius 2 is 2.18 bits per heavy atom. The number of pyridine rings is 1. The Morgan fingerprint density at radius 3 is 2.82 bits per heavy atom. The van der Waals surface area contributed by atoms with Crippen molar-refractivity contribution < 1.29 is 4.74 Å². The normalized spacial score (nSPS) is 16.3. The molecule has 1 aromatic heterocycles. The van der Waals surface area contributed by atoms with Crippen LogP contribution in [-0.4, -0.2) is 35.9 Å². The molecule has 4 nitrogen and oxygen atoms in total. The van der Waals surface area contributed by atoms with E-state index in [0.29, 0.717) is 5.88 Å². The number of halogens is 1. The van der Waals surface area contributed by atoms with Gasteiger partial charge in [0.05, 0.1) is 22.2 Å². The second-order valence-corrected chi connectivity index (χ2v) is 6.62. The van der Waals surface area contributed by atoms with Gasteiger partial charge in [0.25, 0.3) is 0 Å². The van der Waals surface area contributed by atoms with Crippen LogP contribution < -0.4 is 4.74 Å². The van der Waals surface area contributed by atoms with Crippen LogP contribution in [0, 0.1) is 6.92 Å². The van der Waals surface area contributed by atoms with E-state index in [1.165, 1.54) is 5.57 Å². The van der Waals surface area contributed by atoms with E-state index >= 15 is 0 Å². The van der Waals surface area contributed by atoms with Crippen LogP contribution in [0.2, 0.25) is 0 Å². The number of hydrogen-bond acceptors (Lipinski definition) is 3. The number of rotatable bonds is 5. The quantitative estimate of drug-likeness (QED) is 0.433. The summed E-state index contributed by atoms with van der Waals surface area (Å²) in [6.07, 6.45) is 6.19. The molecule has 1 aliphatic rings. The fourth-order valence-electron chi connectivity index (χ4n) is 2.28. The molecule has 0 atom stereocenters. The Morgan fingerprint density at radius 1 is 1.50 bits per heavy atom. The molecule has 2 rings (SSSR count). The van der Waals surface area contributed by atoms with E-state index in [1.807, 2.05) is 31.3 Å². The van der Waals surface area contributed by atoms with E-state index in [9.17, 15) is 0 Å². The van der Waals surface area contributed by atoms with Gasteiger partial charge in [-0.05, 0) is 61.5 Å². The standard InChI is InChI=1S/C17H24BrN3O/c1-5-21(4)11-19-16-10-15(18)17(20-13(16)3)22-14-8-6-12(2)7-9-14/h10-11,14H,2,5-9H2,1,3-4H3. The van der Waals surface area contributed by atoms with Crippen LogP contribution in [0.4, 0.5) is 5.69 Å². The highest BCUT2D eigenvalue weighted by molar-refractivity contribution is 9.10. The van der Waals surface area contributed by atoms with Gasteiger partial charge in [0.15, 0.2) is 0 Å². The maximum absolute atomic E-state index is 6.06. The molecule has 0 spiro atoms. The van der Waals surface area contributed by atoms with Crippen molar-refractivity contribution in [2.45, 2.75) is 45.6 Å². The molecule has 5 heteroatoms. The summed E-state index contributed by atoms with van der Waals surface area (Å²) in [6, 6.07) is 1.97. The monoisotopic (exact) mass is 365 g/mol. The van der Waals surface area contributed by atoms with E-state index in [2.05, 4.69) is 39.4 Å². The van der Waals surface area contributed by atoms with Gasteiger partial charge < -0.3 is 9.64 Å². The van der Waals surface area contributed by atoms with Gasteiger partial charge in [0.1, 0.15) is 6.10 Å². The summed E-state index contributed by atoms with van der Waals surface area (Å²) in [5, 5.41) is 0. The van der Waals surface area contributed by atoms with Gasteiger partial charge in [-0.15, -0.1) is 0 Å². The average Bonchev–Trinajstić information content (AvgIpc) is 2.51. The Bertz CT molecular complexity index is 561. The first-order chi connectivity index (χ1) is 10.5. The van der Waals surface area contributed by atoms with Gasteiger partial charge in [0, 0.05) is 13.6 Å². The van der Waals surface area contributed by atoms with Crippen molar-refractivity contribution in [2.24, 2.45) is 4.99 Å². The third kappa shape index (κ3) is 4.57. The molecule has 1 aromatic rings. The van der Waals surface area contributed by atoms with E-state index in [1.54, 1.807) is 0 Å². The molecule has 1 fully saturated rings. The third-order valence-electron chi connectivity index (χ3n) is 3.92. The lowest BCUT2D eigenvalue weighted by atomic mass is 9.94. The van der Waals surface area contributed by atoms with E-state index in [4.69, 9.17) is 4.74 Å². The summed E-state index contributed by atoms with van der Waals surface area (Å²) in [4.78, 5) is 11.1. The number of aryl methyl sites for hydroxylation is 1. The fourth-order valence-corrected chi connectivity index (χ4v) is 2.68. The fraction of sp³-hybridized carbons (Fsp3) is 0.529. The SMILES string of the molecule is C=C1CCC(Oc2nc(C)c(N=CN(C)CC)cc2Br)CC1. The molecular formula is C17H24BrN3O. The molecule has 0 saturated heterocycles. The number of nitrogens with zero attached hydrogens (tertiary/aromatic N) is 3. The van der Waals surface area contributed by atoms with Crippen LogP contribution in [0.15, 0.2) is 27.7 Å². The maximum atomic E-state index is 6.06. The largest absolute Gasteiger partial charge is 0.474 e. The predicted molar refractivity (Wildman–Crippen MR) is 95.2 cm³/mol. The van der Waals surface area contributed by atoms with Crippen molar-refractivity contribution in [1.29, 1.82) is 0 Å². The number of ether oxygens (including phenoxy) is 1. The van der Waals surface area contributed by atoms with E-state index < -0.39 is 0 Å². The van der Waals surface area contributed by atoms with Crippen LogP contribution in [-0.2, 0) is 0 Å². The molecule has 1 heterocycles. The summed E-state index contributed by atoms with van der Waals surface area (Å²) in [5.74, 6) is 0.665. The van der Waals surface area contributed by atoms with Crippen LogP contribution in [0.5, 0.6) is 5.88 Å². The summed E-state index contributed by atoms with van der Waals surface area (Å²) in [5.41, 5.74) is 3.06. The second-order valence-electron chi connectivity index (χ2n) is 5.76. The molecular weight excluding hydrogens is 342 g/mol. The molecule has 0 bridgehead atoms. The lowest BCUT2D eigenvalue weighted by Crippen LogP contribution is -2.21. The highest BCUT2D eigenvalue weighted by Crippen LogP contribution is 2.32. The Kier molecular flexibility index (Phi) is 6.00. The van der Waals surface area contributed by atoms with Gasteiger partial charge >= 0.3 is 0 Å². The molecule has 0 aromatic carbocycles. The van der Waals surface area contributed by atoms with Gasteiger partial charge in [-0.2, -0.15) is 0 Å². The summed E-state index contributed by atoms with van der Waals surface area (Å²) < 4.78 is 6.91. The van der Waals surface area contributed by atoms with Crippen molar-refractivity contribution in [3.8, 4) is 5.88 Å². The molecule has 0 radical (unpaired) electrons. The van der Waals surface area contributed by atoms with Crippen LogP contribution >= 0.6 is 15.9 Å². The first kappa shape index (κ1) is 17.0. The highest BCUT2D eigenvalue weighted by Gasteiger charge is 2.19. The minimum atomic E-state index is 0.231. The summed E-state index contributed by atoms with van der Waals surface area (Å²) in [7, 11) is 2.00. The molecule has 0 amide bonds.